The molecule has 0 radical (unpaired) electrons. The monoisotopic (exact) mass is 269 g/mol. The van der Waals surface area contributed by atoms with Gasteiger partial charge in [0.2, 0.25) is 0 Å². The van der Waals surface area contributed by atoms with Gasteiger partial charge in [-0.1, -0.05) is 0 Å². The molecule has 5 nitrogen and oxygen atoms in total. The maximum absolute atomic E-state index is 13.1. The molecule has 1 aliphatic heterocycles. The van der Waals surface area contributed by atoms with Gasteiger partial charge in [0.1, 0.15) is 16.5 Å². The van der Waals surface area contributed by atoms with Crippen molar-refractivity contribution in [1.82, 2.24) is 0 Å². The van der Waals surface area contributed by atoms with Crippen LogP contribution in [0, 0.1) is 11.7 Å². The van der Waals surface area contributed by atoms with E-state index in [9.17, 15) is 12.8 Å². The lowest BCUT2D eigenvalue weighted by Gasteiger charge is -2.26. The Kier molecular flexibility index (Phi) is 2.43. The van der Waals surface area contributed by atoms with Crippen molar-refractivity contribution in [2.75, 3.05) is 5.01 Å². The standard InChI is InChI=1S/C11H12FN3O2S/c12-8-3-4-9-10(6-8)18(16,17)14-11(15(9)13)5-7-1-2-7/h3-4,6-7H,1-2,5,13H2. The highest BCUT2D eigenvalue weighted by atomic mass is 32.2. The molecule has 1 aromatic rings. The molecule has 0 amide bonds. The first-order valence-corrected chi connectivity index (χ1v) is 7.09. The van der Waals surface area contributed by atoms with Gasteiger partial charge in [0.05, 0.1) is 5.69 Å². The van der Waals surface area contributed by atoms with Crippen LogP contribution in [0.15, 0.2) is 27.5 Å². The molecule has 96 valence electrons. The van der Waals surface area contributed by atoms with Gasteiger partial charge < -0.3 is 0 Å². The van der Waals surface area contributed by atoms with E-state index in [1.807, 2.05) is 0 Å². The van der Waals surface area contributed by atoms with Crippen molar-refractivity contribution >= 4 is 21.5 Å². The largest absolute Gasteiger partial charge is 0.286 e. The van der Waals surface area contributed by atoms with Crippen molar-refractivity contribution in [3.63, 3.8) is 0 Å². The Bertz CT molecular complexity index is 638. The molecule has 1 aromatic carbocycles. The summed E-state index contributed by atoms with van der Waals surface area (Å²) in [7, 11) is -3.84. The molecule has 1 saturated carbocycles. The highest BCUT2D eigenvalue weighted by Crippen LogP contribution is 2.37. The van der Waals surface area contributed by atoms with Gasteiger partial charge in [-0.3, -0.25) is 5.01 Å². The minimum absolute atomic E-state index is 0.176. The zero-order chi connectivity index (χ0) is 12.9. The van der Waals surface area contributed by atoms with Crippen LogP contribution in [0.5, 0.6) is 0 Å². The number of fused-ring (bicyclic) bond motifs is 1. The average molecular weight is 269 g/mol. The van der Waals surface area contributed by atoms with E-state index < -0.39 is 15.8 Å². The normalized spacial score (nSPS) is 21.4. The quantitative estimate of drug-likeness (QED) is 0.823. The molecular weight excluding hydrogens is 257 g/mol. The summed E-state index contributed by atoms with van der Waals surface area (Å²) in [4.78, 5) is -0.176. The lowest BCUT2D eigenvalue weighted by Crippen LogP contribution is -2.41. The van der Waals surface area contributed by atoms with Crippen molar-refractivity contribution < 1.29 is 12.8 Å². The van der Waals surface area contributed by atoms with Crippen LogP contribution in [0.4, 0.5) is 10.1 Å². The van der Waals surface area contributed by atoms with Crippen LogP contribution >= 0.6 is 0 Å². The number of anilines is 1. The molecular formula is C11H12FN3O2S. The highest BCUT2D eigenvalue weighted by Gasteiger charge is 2.33. The summed E-state index contributed by atoms with van der Waals surface area (Å²) in [6.45, 7) is 0. The summed E-state index contributed by atoms with van der Waals surface area (Å²) >= 11 is 0. The van der Waals surface area contributed by atoms with Crippen molar-refractivity contribution in [3.8, 4) is 0 Å². The summed E-state index contributed by atoms with van der Waals surface area (Å²) in [5, 5.41) is 1.24. The number of nitrogens with zero attached hydrogens (tertiary/aromatic N) is 2. The zero-order valence-electron chi connectivity index (χ0n) is 9.51. The first-order chi connectivity index (χ1) is 8.47. The number of hydrogen-bond donors (Lipinski definition) is 1. The Hall–Kier alpha value is -1.47. The molecule has 0 saturated heterocycles. The molecule has 1 fully saturated rings. The third-order valence-corrected chi connectivity index (χ3v) is 4.47. The Labute approximate surface area is 104 Å². The van der Waals surface area contributed by atoms with Gasteiger partial charge in [0.25, 0.3) is 10.0 Å². The number of rotatable bonds is 2. The van der Waals surface area contributed by atoms with Crippen LogP contribution < -0.4 is 10.9 Å². The summed E-state index contributed by atoms with van der Waals surface area (Å²) in [5.74, 6) is 6.03. The van der Waals surface area contributed by atoms with Crippen LogP contribution in [0.1, 0.15) is 19.3 Å². The van der Waals surface area contributed by atoms with Crippen LogP contribution in [-0.2, 0) is 10.0 Å². The van der Waals surface area contributed by atoms with E-state index in [1.54, 1.807) is 0 Å². The molecule has 0 atom stereocenters. The minimum Gasteiger partial charge on any atom is -0.264 e. The fraction of sp³-hybridized carbons (Fsp3) is 0.364. The fourth-order valence-corrected chi connectivity index (χ4v) is 3.21. The Morgan fingerprint density at radius 2 is 2.17 bits per heavy atom. The Morgan fingerprint density at radius 3 is 2.83 bits per heavy atom. The van der Waals surface area contributed by atoms with Crippen LogP contribution in [0.25, 0.3) is 0 Å². The zero-order valence-corrected chi connectivity index (χ0v) is 10.3. The molecule has 18 heavy (non-hydrogen) atoms. The van der Waals surface area contributed by atoms with Gasteiger partial charge >= 0.3 is 0 Å². The summed E-state index contributed by atoms with van der Waals surface area (Å²) in [5.41, 5.74) is 0.280. The molecule has 2 N–H and O–H groups in total. The molecule has 7 heteroatoms. The second-order valence-corrected chi connectivity index (χ2v) is 6.18. The van der Waals surface area contributed by atoms with Gasteiger partial charge in [-0.05, 0) is 37.0 Å². The van der Waals surface area contributed by atoms with Crippen molar-refractivity contribution in [2.45, 2.75) is 24.2 Å². The van der Waals surface area contributed by atoms with E-state index in [2.05, 4.69) is 4.40 Å². The van der Waals surface area contributed by atoms with E-state index in [-0.39, 0.29) is 10.6 Å². The average Bonchev–Trinajstić information content (AvgIpc) is 3.09. The molecule has 0 unspecified atom stereocenters. The lowest BCUT2D eigenvalue weighted by atomic mass is 10.2. The summed E-state index contributed by atoms with van der Waals surface area (Å²) in [6, 6.07) is 3.50. The van der Waals surface area contributed by atoms with Crippen molar-refractivity contribution in [2.24, 2.45) is 16.2 Å². The predicted octanol–water partition coefficient (Wildman–Crippen LogP) is 1.41. The second-order valence-electron chi connectivity index (χ2n) is 4.61. The van der Waals surface area contributed by atoms with Gasteiger partial charge in [-0.15, -0.1) is 4.40 Å². The predicted molar refractivity (Wildman–Crippen MR) is 65.0 cm³/mol. The molecule has 0 bridgehead atoms. The van der Waals surface area contributed by atoms with Gasteiger partial charge in [-0.2, -0.15) is 8.42 Å². The third-order valence-electron chi connectivity index (χ3n) is 3.13. The number of hydrogen-bond acceptors (Lipinski definition) is 4. The number of sulfonamides is 1. The number of halogens is 1. The van der Waals surface area contributed by atoms with Crippen molar-refractivity contribution in [3.05, 3.63) is 24.0 Å². The molecule has 2 aliphatic rings. The minimum atomic E-state index is -3.84. The molecule has 3 rings (SSSR count). The van der Waals surface area contributed by atoms with E-state index in [0.717, 1.165) is 18.9 Å². The maximum atomic E-state index is 13.1. The van der Waals surface area contributed by atoms with Crippen LogP contribution in [0.3, 0.4) is 0 Å². The smallest absolute Gasteiger partial charge is 0.264 e. The van der Waals surface area contributed by atoms with Gasteiger partial charge in [0, 0.05) is 6.42 Å². The van der Waals surface area contributed by atoms with Gasteiger partial charge in [0.15, 0.2) is 0 Å². The Balaban J connectivity index is 2.09. The number of hydrazine groups is 1. The first kappa shape index (κ1) is 11.6. The highest BCUT2D eigenvalue weighted by molar-refractivity contribution is 7.90. The molecule has 0 aromatic heterocycles. The van der Waals surface area contributed by atoms with E-state index in [0.29, 0.717) is 18.2 Å². The van der Waals surface area contributed by atoms with Gasteiger partial charge in [-0.25, -0.2) is 10.2 Å². The number of nitrogens with two attached hydrogens (primary N) is 1. The number of amidine groups is 1. The summed E-state index contributed by atoms with van der Waals surface area (Å²) < 4.78 is 40.7. The molecule has 1 heterocycles. The van der Waals surface area contributed by atoms with E-state index in [4.69, 9.17) is 5.84 Å². The number of benzene rings is 1. The van der Waals surface area contributed by atoms with Crippen molar-refractivity contribution in [1.29, 1.82) is 0 Å². The van der Waals surface area contributed by atoms with E-state index in [1.165, 1.54) is 17.1 Å². The summed E-state index contributed by atoms with van der Waals surface area (Å²) in [6.07, 6.45) is 2.69. The fourth-order valence-electron chi connectivity index (χ4n) is 1.98. The Morgan fingerprint density at radius 1 is 1.44 bits per heavy atom. The SMILES string of the molecule is NN1C(CC2CC2)=NS(=O)(=O)c2cc(F)ccc21. The second kappa shape index (κ2) is 3.76. The maximum Gasteiger partial charge on any atom is 0.286 e. The lowest BCUT2D eigenvalue weighted by molar-refractivity contribution is 0.590. The third kappa shape index (κ3) is 1.89. The first-order valence-electron chi connectivity index (χ1n) is 5.65. The van der Waals surface area contributed by atoms with E-state index >= 15 is 0 Å². The van der Waals surface area contributed by atoms with Crippen LogP contribution in [-0.4, -0.2) is 14.3 Å². The molecule has 0 spiro atoms. The van der Waals surface area contributed by atoms with Crippen LogP contribution in [0.2, 0.25) is 0 Å². The molecule has 1 aliphatic carbocycles. The topological polar surface area (TPSA) is 75.8 Å².